The Morgan fingerprint density at radius 3 is 2.73 bits per heavy atom. The van der Waals surface area contributed by atoms with E-state index in [0.717, 1.165) is 29.7 Å². The molecule has 116 valence electrons. The van der Waals surface area contributed by atoms with E-state index >= 15 is 0 Å². The highest BCUT2D eigenvalue weighted by molar-refractivity contribution is 7.98. The molecule has 2 N–H and O–H groups in total. The number of hydrogen-bond donors (Lipinski definition) is 2. The number of benzene rings is 1. The van der Waals surface area contributed by atoms with E-state index in [0.29, 0.717) is 11.5 Å². The largest absolute Gasteiger partial charge is 0.459 e. The average Bonchev–Trinajstić information content (AvgIpc) is 2.98. The summed E-state index contributed by atoms with van der Waals surface area (Å²) in [7, 11) is 0. The van der Waals surface area contributed by atoms with Gasteiger partial charge < -0.3 is 14.8 Å². The van der Waals surface area contributed by atoms with E-state index in [4.69, 9.17) is 4.42 Å². The summed E-state index contributed by atoms with van der Waals surface area (Å²) in [6.45, 7) is 0.289. The number of carbonyl (C=O) groups excluding carboxylic acids is 1. The number of furan rings is 1. The number of carbonyl (C=O) groups is 1. The van der Waals surface area contributed by atoms with Crippen LogP contribution in [0.15, 0.2) is 52.0 Å². The van der Waals surface area contributed by atoms with Crippen LogP contribution in [-0.4, -0.2) is 23.2 Å². The molecule has 4 nitrogen and oxygen atoms in total. The van der Waals surface area contributed by atoms with Crippen molar-refractivity contribution in [3.8, 4) is 0 Å². The third-order valence-corrected chi connectivity index (χ3v) is 5.01. The third-order valence-electron chi connectivity index (χ3n) is 3.95. The summed E-state index contributed by atoms with van der Waals surface area (Å²) in [5.41, 5.74) is 0.147. The molecule has 0 radical (unpaired) electrons. The lowest BCUT2D eigenvalue weighted by molar-refractivity contribution is -0.0302. The Bertz CT molecular complexity index is 634. The lowest BCUT2D eigenvalue weighted by Gasteiger charge is -2.36. The molecule has 5 heteroatoms. The highest BCUT2D eigenvalue weighted by Gasteiger charge is 2.34. The van der Waals surface area contributed by atoms with Crippen molar-refractivity contribution in [3.05, 3.63) is 54.0 Å². The zero-order valence-corrected chi connectivity index (χ0v) is 13.1. The molecule has 1 fully saturated rings. The van der Waals surface area contributed by atoms with Crippen molar-refractivity contribution in [3.63, 3.8) is 0 Å². The summed E-state index contributed by atoms with van der Waals surface area (Å²) >= 11 is 1.66. The van der Waals surface area contributed by atoms with Crippen molar-refractivity contribution < 1.29 is 14.3 Å². The van der Waals surface area contributed by atoms with Crippen molar-refractivity contribution in [2.24, 2.45) is 0 Å². The summed E-state index contributed by atoms with van der Waals surface area (Å²) in [5.74, 6) is 0.758. The van der Waals surface area contributed by atoms with E-state index in [2.05, 4.69) is 5.32 Å². The van der Waals surface area contributed by atoms with Gasteiger partial charge in [-0.2, -0.15) is 0 Å². The first kappa shape index (κ1) is 15.2. The minimum Gasteiger partial charge on any atom is -0.459 e. The molecule has 22 heavy (non-hydrogen) atoms. The van der Waals surface area contributed by atoms with E-state index in [-0.39, 0.29) is 12.5 Å². The maximum Gasteiger partial charge on any atom is 0.287 e. The second kappa shape index (κ2) is 6.58. The first-order chi connectivity index (χ1) is 10.7. The van der Waals surface area contributed by atoms with Crippen LogP contribution in [0.4, 0.5) is 0 Å². The third kappa shape index (κ3) is 3.54. The van der Waals surface area contributed by atoms with Gasteiger partial charge >= 0.3 is 0 Å². The van der Waals surface area contributed by atoms with Crippen LogP contribution in [0.1, 0.15) is 35.4 Å². The number of nitrogens with one attached hydrogen (secondary N) is 1. The summed E-state index contributed by atoms with van der Waals surface area (Å²) in [4.78, 5) is 13.4. The van der Waals surface area contributed by atoms with Crippen LogP contribution in [0.25, 0.3) is 0 Å². The lowest BCUT2D eigenvalue weighted by Crippen LogP contribution is -2.47. The Hall–Kier alpha value is -1.72. The molecule has 1 aromatic carbocycles. The van der Waals surface area contributed by atoms with E-state index in [1.165, 1.54) is 6.26 Å². The molecule has 1 amide bonds. The van der Waals surface area contributed by atoms with Gasteiger partial charge in [-0.05, 0) is 37.5 Å². The number of thioether (sulfide) groups is 1. The minimum absolute atomic E-state index is 0.256. The van der Waals surface area contributed by atoms with Gasteiger partial charge in [-0.25, -0.2) is 0 Å². The fraction of sp³-hybridized carbons (Fsp3) is 0.353. The Labute approximate surface area is 133 Å². The molecule has 2 aromatic rings. The number of hydrogen-bond acceptors (Lipinski definition) is 4. The van der Waals surface area contributed by atoms with Crippen molar-refractivity contribution in [1.29, 1.82) is 0 Å². The number of amides is 1. The molecule has 0 saturated heterocycles. The number of rotatable bonds is 6. The molecule has 0 spiro atoms. The Morgan fingerprint density at radius 1 is 1.27 bits per heavy atom. The van der Waals surface area contributed by atoms with Gasteiger partial charge in [-0.1, -0.05) is 18.2 Å². The lowest BCUT2D eigenvalue weighted by atomic mass is 9.80. The van der Waals surface area contributed by atoms with Crippen LogP contribution >= 0.6 is 11.8 Å². The van der Waals surface area contributed by atoms with Crippen LogP contribution in [0.2, 0.25) is 0 Å². The van der Waals surface area contributed by atoms with Gasteiger partial charge in [0.25, 0.3) is 5.91 Å². The van der Waals surface area contributed by atoms with Gasteiger partial charge in [0, 0.05) is 22.8 Å². The standard InChI is InChI=1S/C17H19NO3S/c19-16(18-12-17(20)8-4-9-17)15-13(7-10-21-15)11-22-14-5-2-1-3-6-14/h1-3,5-7,10,20H,4,8-9,11-12H2,(H,18,19). The predicted octanol–water partition coefficient (Wildman–Crippen LogP) is 3.22. The molecule has 0 aliphatic heterocycles. The maximum atomic E-state index is 12.2. The summed E-state index contributed by atoms with van der Waals surface area (Å²) in [6.07, 6.45) is 4.06. The van der Waals surface area contributed by atoms with Crippen LogP contribution < -0.4 is 5.32 Å². The van der Waals surface area contributed by atoms with Gasteiger partial charge in [0.2, 0.25) is 0 Å². The Balaban J connectivity index is 1.58. The fourth-order valence-electron chi connectivity index (χ4n) is 2.41. The van der Waals surface area contributed by atoms with E-state index in [1.807, 2.05) is 36.4 Å². The molecule has 0 atom stereocenters. The van der Waals surface area contributed by atoms with Gasteiger partial charge in [0.05, 0.1) is 11.9 Å². The molecule has 1 aliphatic rings. The molecule has 1 aliphatic carbocycles. The average molecular weight is 317 g/mol. The van der Waals surface area contributed by atoms with Crippen LogP contribution in [0, 0.1) is 0 Å². The van der Waals surface area contributed by atoms with Crippen molar-refractivity contribution >= 4 is 17.7 Å². The van der Waals surface area contributed by atoms with E-state index in [9.17, 15) is 9.90 Å². The zero-order valence-electron chi connectivity index (χ0n) is 12.2. The molecule has 1 heterocycles. The topological polar surface area (TPSA) is 62.5 Å². The van der Waals surface area contributed by atoms with Gasteiger partial charge in [0.1, 0.15) is 0 Å². The summed E-state index contributed by atoms with van der Waals surface area (Å²) < 4.78 is 5.32. The van der Waals surface area contributed by atoms with Gasteiger partial charge in [0.15, 0.2) is 5.76 Å². The second-order valence-corrected chi connectivity index (χ2v) is 6.69. The summed E-state index contributed by atoms with van der Waals surface area (Å²) in [6, 6.07) is 11.9. The molecule has 1 aromatic heterocycles. The monoisotopic (exact) mass is 317 g/mol. The fourth-order valence-corrected chi connectivity index (χ4v) is 3.31. The minimum atomic E-state index is -0.721. The van der Waals surface area contributed by atoms with Crippen LogP contribution in [0.5, 0.6) is 0 Å². The zero-order chi connectivity index (χ0) is 15.4. The molecular weight excluding hydrogens is 298 g/mol. The normalized spacial score (nSPS) is 16.0. The molecule has 3 rings (SSSR count). The van der Waals surface area contributed by atoms with E-state index in [1.54, 1.807) is 11.8 Å². The van der Waals surface area contributed by atoms with Gasteiger partial charge in [-0.15, -0.1) is 11.8 Å². The smallest absolute Gasteiger partial charge is 0.287 e. The second-order valence-electron chi connectivity index (χ2n) is 5.64. The highest BCUT2D eigenvalue weighted by Crippen LogP contribution is 2.31. The predicted molar refractivity (Wildman–Crippen MR) is 85.8 cm³/mol. The van der Waals surface area contributed by atoms with Gasteiger partial charge in [-0.3, -0.25) is 4.79 Å². The molecule has 0 unspecified atom stereocenters. The van der Waals surface area contributed by atoms with Crippen molar-refractivity contribution in [2.45, 2.75) is 35.5 Å². The first-order valence-corrected chi connectivity index (χ1v) is 8.40. The van der Waals surface area contributed by atoms with Crippen LogP contribution in [0.3, 0.4) is 0 Å². The maximum absolute atomic E-state index is 12.2. The molecule has 1 saturated carbocycles. The quantitative estimate of drug-likeness (QED) is 0.803. The SMILES string of the molecule is O=C(NCC1(O)CCC1)c1occc1CSc1ccccc1. The molecular formula is C17H19NO3S. The highest BCUT2D eigenvalue weighted by atomic mass is 32.2. The first-order valence-electron chi connectivity index (χ1n) is 7.41. The molecule has 0 bridgehead atoms. The van der Waals surface area contributed by atoms with Crippen LogP contribution in [-0.2, 0) is 5.75 Å². The van der Waals surface area contributed by atoms with E-state index < -0.39 is 5.60 Å². The number of aliphatic hydroxyl groups is 1. The Kier molecular flexibility index (Phi) is 4.55. The summed E-state index contributed by atoms with van der Waals surface area (Å²) in [5, 5.41) is 12.8. The Morgan fingerprint density at radius 2 is 2.05 bits per heavy atom. The van der Waals surface area contributed by atoms with Crippen molar-refractivity contribution in [2.75, 3.05) is 6.54 Å². The van der Waals surface area contributed by atoms with Crippen molar-refractivity contribution in [1.82, 2.24) is 5.32 Å².